The number of imidazole rings is 1. The van der Waals surface area contributed by atoms with Crippen molar-refractivity contribution in [2.45, 2.75) is 12.6 Å². The largest absolute Gasteiger partial charge is 0.369 e. The molecule has 0 saturated carbocycles. The van der Waals surface area contributed by atoms with Gasteiger partial charge in [0.05, 0.1) is 11.0 Å². The summed E-state index contributed by atoms with van der Waals surface area (Å²) in [4.78, 5) is 9.23. The summed E-state index contributed by atoms with van der Waals surface area (Å²) in [7, 11) is 4.36. The number of hydrogen-bond acceptors (Lipinski definition) is 4. The second kappa shape index (κ2) is 5.35. The fraction of sp³-hybridized carbons (Fsp3) is 0.500. The van der Waals surface area contributed by atoms with Crippen molar-refractivity contribution in [3.63, 3.8) is 0 Å². The Bertz CT molecular complexity index is 623. The third-order valence-corrected chi connectivity index (χ3v) is 4.61. The summed E-state index contributed by atoms with van der Waals surface area (Å²) in [6.45, 7) is 4.15. The highest BCUT2D eigenvalue weighted by Gasteiger charge is 2.24. The lowest BCUT2D eigenvalue weighted by Gasteiger charge is -2.38. The minimum absolute atomic E-state index is 0.465. The molecule has 1 aromatic heterocycles. The number of rotatable bonds is 2. The van der Waals surface area contributed by atoms with Gasteiger partial charge in [0.2, 0.25) is 5.95 Å². The maximum absolute atomic E-state index is 6.11. The van der Waals surface area contributed by atoms with Gasteiger partial charge < -0.3 is 15.2 Å². The van der Waals surface area contributed by atoms with Gasteiger partial charge >= 0.3 is 0 Å². The third kappa shape index (κ3) is 2.55. The fourth-order valence-electron chi connectivity index (χ4n) is 2.82. The van der Waals surface area contributed by atoms with Gasteiger partial charge in [-0.25, -0.2) is 4.98 Å². The molecule has 1 atom stereocenters. The first-order valence-electron chi connectivity index (χ1n) is 6.84. The number of anilines is 1. The van der Waals surface area contributed by atoms with Crippen LogP contribution in [0.15, 0.2) is 22.7 Å². The molecule has 20 heavy (non-hydrogen) atoms. The van der Waals surface area contributed by atoms with E-state index in [2.05, 4.69) is 55.4 Å². The molecular formula is C14H20BrN5. The molecule has 0 spiro atoms. The van der Waals surface area contributed by atoms with Crippen molar-refractivity contribution in [1.82, 2.24) is 19.4 Å². The van der Waals surface area contributed by atoms with Crippen molar-refractivity contribution >= 4 is 32.9 Å². The van der Waals surface area contributed by atoms with E-state index in [1.165, 1.54) is 0 Å². The van der Waals surface area contributed by atoms with Gasteiger partial charge in [-0.05, 0) is 32.3 Å². The van der Waals surface area contributed by atoms with E-state index in [1.807, 2.05) is 12.1 Å². The van der Waals surface area contributed by atoms with Crippen LogP contribution in [0.3, 0.4) is 0 Å². The first kappa shape index (κ1) is 13.9. The van der Waals surface area contributed by atoms with Crippen LogP contribution in [0.2, 0.25) is 0 Å². The molecule has 1 saturated heterocycles. The van der Waals surface area contributed by atoms with E-state index in [0.29, 0.717) is 12.0 Å². The second-order valence-electron chi connectivity index (χ2n) is 5.61. The van der Waals surface area contributed by atoms with Gasteiger partial charge in [0, 0.05) is 36.7 Å². The third-order valence-electron chi connectivity index (χ3n) is 4.11. The minimum Gasteiger partial charge on any atom is -0.369 e. The van der Waals surface area contributed by atoms with Crippen molar-refractivity contribution in [1.29, 1.82) is 0 Å². The number of nitrogen functional groups attached to an aromatic ring is 1. The Morgan fingerprint density at radius 1 is 1.35 bits per heavy atom. The van der Waals surface area contributed by atoms with Crippen LogP contribution in [-0.4, -0.2) is 59.1 Å². The van der Waals surface area contributed by atoms with Crippen LogP contribution in [0.1, 0.15) is 0 Å². The molecule has 6 heteroatoms. The van der Waals surface area contributed by atoms with Crippen LogP contribution in [0.25, 0.3) is 11.0 Å². The van der Waals surface area contributed by atoms with Crippen LogP contribution in [0.5, 0.6) is 0 Å². The Morgan fingerprint density at radius 3 is 2.95 bits per heavy atom. The number of likely N-dealkylation sites (N-methyl/N-ethyl adjacent to an activating group) is 2. The van der Waals surface area contributed by atoms with E-state index in [1.54, 1.807) is 0 Å². The van der Waals surface area contributed by atoms with Crippen LogP contribution >= 0.6 is 15.9 Å². The highest BCUT2D eigenvalue weighted by atomic mass is 79.9. The smallest absolute Gasteiger partial charge is 0.201 e. The number of fused-ring (bicyclic) bond motifs is 1. The molecule has 0 radical (unpaired) electrons. The van der Waals surface area contributed by atoms with E-state index in [4.69, 9.17) is 5.73 Å². The van der Waals surface area contributed by atoms with Gasteiger partial charge in [-0.3, -0.25) is 4.90 Å². The maximum Gasteiger partial charge on any atom is 0.201 e. The molecule has 0 aliphatic carbocycles. The molecule has 2 N–H and O–H groups in total. The van der Waals surface area contributed by atoms with Gasteiger partial charge in [0.15, 0.2) is 0 Å². The molecule has 1 aliphatic rings. The topological polar surface area (TPSA) is 50.3 Å². The maximum atomic E-state index is 6.11. The lowest BCUT2D eigenvalue weighted by atomic mass is 10.2. The summed E-state index contributed by atoms with van der Waals surface area (Å²) >= 11 is 3.52. The monoisotopic (exact) mass is 337 g/mol. The number of nitrogens with zero attached hydrogens (tertiary/aromatic N) is 4. The molecule has 0 bridgehead atoms. The number of nitrogens with two attached hydrogens (primary N) is 1. The molecule has 0 amide bonds. The van der Waals surface area contributed by atoms with E-state index in [9.17, 15) is 0 Å². The standard InChI is InChI=1S/C14H20BrN5/c1-18-5-6-19(2)11(8-18)9-20-13-7-10(15)3-4-12(13)17-14(20)16/h3-4,7,11H,5-6,8-9H2,1-2H3,(H2,16,17). The molecular weight excluding hydrogens is 318 g/mol. The van der Waals surface area contributed by atoms with Crippen LogP contribution in [-0.2, 0) is 6.54 Å². The molecule has 5 nitrogen and oxygen atoms in total. The van der Waals surface area contributed by atoms with Crippen molar-refractivity contribution in [2.24, 2.45) is 0 Å². The molecule has 1 fully saturated rings. The Labute approximate surface area is 127 Å². The normalized spacial score (nSPS) is 21.6. The number of benzene rings is 1. The van der Waals surface area contributed by atoms with Crippen LogP contribution in [0, 0.1) is 0 Å². The van der Waals surface area contributed by atoms with Crippen molar-refractivity contribution in [3.8, 4) is 0 Å². The van der Waals surface area contributed by atoms with Gasteiger partial charge in [-0.1, -0.05) is 15.9 Å². The Kier molecular flexibility index (Phi) is 3.70. The minimum atomic E-state index is 0.465. The number of aromatic nitrogens is 2. The lowest BCUT2D eigenvalue weighted by Crippen LogP contribution is -2.51. The SMILES string of the molecule is CN1CCN(C)C(Cn2c(N)nc3ccc(Br)cc32)C1. The van der Waals surface area contributed by atoms with Crippen molar-refractivity contribution in [2.75, 3.05) is 39.5 Å². The van der Waals surface area contributed by atoms with Crippen LogP contribution in [0.4, 0.5) is 5.95 Å². The zero-order chi connectivity index (χ0) is 14.3. The molecule has 1 aliphatic heterocycles. The van der Waals surface area contributed by atoms with E-state index < -0.39 is 0 Å². The van der Waals surface area contributed by atoms with Crippen molar-refractivity contribution < 1.29 is 0 Å². The summed E-state index contributed by atoms with van der Waals surface area (Å²) < 4.78 is 3.18. The average molecular weight is 338 g/mol. The second-order valence-corrected chi connectivity index (χ2v) is 6.53. The molecule has 2 heterocycles. The predicted molar refractivity (Wildman–Crippen MR) is 85.8 cm³/mol. The van der Waals surface area contributed by atoms with Gasteiger partial charge in [-0.2, -0.15) is 0 Å². The molecule has 1 unspecified atom stereocenters. The Morgan fingerprint density at radius 2 is 2.15 bits per heavy atom. The first-order valence-corrected chi connectivity index (χ1v) is 7.64. The highest BCUT2D eigenvalue weighted by Crippen LogP contribution is 2.23. The summed E-state index contributed by atoms with van der Waals surface area (Å²) in [6, 6.07) is 6.56. The van der Waals surface area contributed by atoms with Gasteiger partial charge in [-0.15, -0.1) is 0 Å². The molecule has 2 aromatic rings. The molecule has 108 valence electrons. The van der Waals surface area contributed by atoms with Gasteiger partial charge in [0.1, 0.15) is 0 Å². The van der Waals surface area contributed by atoms with Crippen LogP contribution < -0.4 is 5.73 Å². The highest BCUT2D eigenvalue weighted by molar-refractivity contribution is 9.10. The summed E-state index contributed by atoms with van der Waals surface area (Å²) in [5, 5.41) is 0. The quantitative estimate of drug-likeness (QED) is 0.904. The van der Waals surface area contributed by atoms with E-state index in [-0.39, 0.29) is 0 Å². The average Bonchev–Trinajstić information content (AvgIpc) is 2.70. The molecule has 1 aromatic carbocycles. The number of hydrogen-bond donors (Lipinski definition) is 1. The summed E-state index contributed by atoms with van der Waals surface area (Å²) in [6.07, 6.45) is 0. The summed E-state index contributed by atoms with van der Waals surface area (Å²) in [5.74, 6) is 0.597. The fourth-order valence-corrected chi connectivity index (χ4v) is 3.16. The van der Waals surface area contributed by atoms with E-state index in [0.717, 1.165) is 41.7 Å². The Hall–Kier alpha value is -1.11. The van der Waals surface area contributed by atoms with Gasteiger partial charge in [0.25, 0.3) is 0 Å². The predicted octanol–water partition coefficient (Wildman–Crippen LogP) is 1.63. The number of piperazine rings is 1. The van der Waals surface area contributed by atoms with Crippen molar-refractivity contribution in [3.05, 3.63) is 22.7 Å². The molecule has 3 rings (SSSR count). The zero-order valence-corrected chi connectivity index (χ0v) is 13.5. The lowest BCUT2D eigenvalue weighted by molar-refractivity contribution is 0.104. The number of halogens is 1. The Balaban J connectivity index is 1.93. The zero-order valence-electron chi connectivity index (χ0n) is 11.9. The first-order chi connectivity index (χ1) is 9.54. The summed E-state index contributed by atoms with van der Waals surface area (Å²) in [5.41, 5.74) is 8.16. The van der Waals surface area contributed by atoms with E-state index >= 15 is 0 Å².